The van der Waals surface area contributed by atoms with Crippen molar-refractivity contribution < 1.29 is 58.2 Å². The molecule has 3 N–H and O–H groups in total. The van der Waals surface area contributed by atoms with Crippen molar-refractivity contribution in [3.05, 3.63) is 97.2 Å². The topological polar surface area (TPSA) is 175 Å². The molecule has 1 saturated heterocycles. The van der Waals surface area contributed by atoms with E-state index in [2.05, 4.69) is 93.7 Å². The maximum Gasteiger partial charge on any atom is 0.335 e. The highest BCUT2D eigenvalue weighted by Gasteiger charge is 2.50. The van der Waals surface area contributed by atoms with Gasteiger partial charge in [0.05, 0.1) is 13.0 Å². The molecule has 474 valence electrons. The quantitative estimate of drug-likeness (QED) is 0.0228. The van der Waals surface area contributed by atoms with Crippen LogP contribution in [0.3, 0.4) is 0 Å². The molecule has 0 aromatic rings. The Morgan fingerprint density at radius 1 is 0.422 bits per heavy atom. The number of rotatable bonds is 56. The number of carbonyl (C=O) groups is 4. The SMILES string of the molecule is CC/C=C\C/C=C\C/C=C\C/C=C\C/C=C\CC(=O)OC1C(OCC(COC(=O)CCCCCCCCCCC/C=C\C/C=C\CCCCC)OC(=O)CCCCCCCCCCC/C=C\CCCCCCCC)OC(C(=O)O)C(O)C1O. The number of esters is 3. The zero-order valence-corrected chi connectivity index (χ0v) is 52.4. The summed E-state index contributed by atoms with van der Waals surface area (Å²) >= 11 is 0. The molecule has 0 bridgehead atoms. The van der Waals surface area contributed by atoms with E-state index in [9.17, 15) is 34.5 Å². The zero-order valence-electron chi connectivity index (χ0n) is 52.4. The van der Waals surface area contributed by atoms with E-state index < -0.39 is 67.3 Å². The summed E-state index contributed by atoms with van der Waals surface area (Å²) in [7, 11) is 0. The monoisotopic (exact) mass is 1160 g/mol. The van der Waals surface area contributed by atoms with E-state index in [4.69, 9.17) is 23.7 Å². The second-order valence-corrected chi connectivity index (χ2v) is 22.4. The number of ether oxygens (including phenoxy) is 5. The molecule has 0 spiro atoms. The van der Waals surface area contributed by atoms with E-state index in [-0.39, 0.29) is 25.9 Å². The lowest BCUT2D eigenvalue weighted by atomic mass is 9.98. The third-order valence-electron chi connectivity index (χ3n) is 14.6. The smallest absolute Gasteiger partial charge is 0.335 e. The molecule has 1 fully saturated rings. The van der Waals surface area contributed by atoms with E-state index in [0.717, 1.165) is 89.9 Å². The van der Waals surface area contributed by atoms with Gasteiger partial charge in [-0.1, -0.05) is 253 Å². The highest BCUT2D eigenvalue weighted by atomic mass is 16.7. The summed E-state index contributed by atoms with van der Waals surface area (Å²) in [5.74, 6) is -3.28. The molecule has 0 aromatic carbocycles. The molecule has 0 aromatic heterocycles. The van der Waals surface area contributed by atoms with Crippen LogP contribution < -0.4 is 0 Å². The fraction of sp³-hybridized carbons (Fsp3) is 0.718. The van der Waals surface area contributed by atoms with Crippen LogP contribution in [0.15, 0.2) is 97.2 Å². The molecule has 12 nitrogen and oxygen atoms in total. The molecule has 0 aliphatic carbocycles. The highest BCUT2D eigenvalue weighted by Crippen LogP contribution is 2.26. The Morgan fingerprint density at radius 3 is 1.25 bits per heavy atom. The van der Waals surface area contributed by atoms with E-state index in [1.807, 2.05) is 12.2 Å². The first kappa shape index (κ1) is 76.7. The first-order chi connectivity index (χ1) is 40.6. The van der Waals surface area contributed by atoms with Gasteiger partial charge in [-0.05, 0) is 103 Å². The van der Waals surface area contributed by atoms with Crippen LogP contribution in [0.5, 0.6) is 0 Å². The standard InChI is InChI=1S/C71H118O12/c1-4-7-10-13-16-19-22-25-28-30-32-34-37-39-42-45-48-51-54-57-63(72)79-60-62(81-64(73)58-55-52-49-46-43-41-38-35-33-31-29-26-23-20-17-14-11-8-5-2)61-80-71-69(67(76)66(75)68(83-71)70(77)78)82-65(74)59-56-53-50-47-44-40-36-27-24-21-18-15-12-9-6-3/h9,12,16,18-19,21,25-29,36,44,47,53,56,62,66-69,71,75-76H,4-8,10-11,13-15,17,20,22-24,30-35,37-43,45-46,48-52,54-55,57-61H2,1-3H3,(H,77,78)/b12-9-,19-16-,21-18-,28-25-,29-26-,36-27-,47-44-,56-53-. The lowest BCUT2D eigenvalue weighted by molar-refractivity contribution is -0.301. The van der Waals surface area contributed by atoms with Crippen LogP contribution in [0, 0.1) is 0 Å². The molecule has 6 atom stereocenters. The zero-order chi connectivity index (χ0) is 60.3. The van der Waals surface area contributed by atoms with Crippen LogP contribution >= 0.6 is 0 Å². The van der Waals surface area contributed by atoms with Crippen LogP contribution in [-0.2, 0) is 42.9 Å². The summed E-state index contributed by atoms with van der Waals surface area (Å²) in [6.07, 6.45) is 65.3. The van der Waals surface area contributed by atoms with Gasteiger partial charge in [0.25, 0.3) is 0 Å². The summed E-state index contributed by atoms with van der Waals surface area (Å²) in [5, 5.41) is 31.5. The van der Waals surface area contributed by atoms with E-state index >= 15 is 0 Å². The molecule has 6 unspecified atom stereocenters. The number of aliphatic carboxylic acids is 1. The third-order valence-corrected chi connectivity index (χ3v) is 14.6. The molecule has 1 rings (SSSR count). The Balaban J connectivity index is 2.69. The van der Waals surface area contributed by atoms with Gasteiger partial charge >= 0.3 is 23.9 Å². The number of carboxylic acid groups (broad SMARTS) is 1. The largest absolute Gasteiger partial charge is 0.479 e. The van der Waals surface area contributed by atoms with Crippen molar-refractivity contribution in [1.29, 1.82) is 0 Å². The van der Waals surface area contributed by atoms with Gasteiger partial charge in [0.15, 0.2) is 24.6 Å². The minimum absolute atomic E-state index is 0.146. The summed E-state index contributed by atoms with van der Waals surface area (Å²) in [6, 6.07) is 0. The van der Waals surface area contributed by atoms with Crippen molar-refractivity contribution in [2.45, 2.75) is 314 Å². The van der Waals surface area contributed by atoms with Crippen molar-refractivity contribution in [3.8, 4) is 0 Å². The van der Waals surface area contributed by atoms with Gasteiger partial charge in [-0.25, -0.2) is 4.79 Å². The van der Waals surface area contributed by atoms with Crippen LogP contribution in [-0.4, -0.2) is 89.2 Å². The minimum atomic E-state index is -1.94. The number of aliphatic hydroxyl groups is 2. The molecule has 83 heavy (non-hydrogen) atoms. The fourth-order valence-corrected chi connectivity index (χ4v) is 9.59. The summed E-state index contributed by atoms with van der Waals surface area (Å²) in [6.45, 7) is 5.83. The molecule has 1 heterocycles. The van der Waals surface area contributed by atoms with Crippen molar-refractivity contribution in [3.63, 3.8) is 0 Å². The molecule has 12 heteroatoms. The van der Waals surface area contributed by atoms with Gasteiger partial charge in [0, 0.05) is 12.8 Å². The predicted molar refractivity (Wildman–Crippen MR) is 340 cm³/mol. The Labute approximate surface area is 504 Å². The van der Waals surface area contributed by atoms with Gasteiger partial charge in [-0.15, -0.1) is 0 Å². The van der Waals surface area contributed by atoms with Gasteiger partial charge in [0.1, 0.15) is 18.8 Å². The fourth-order valence-electron chi connectivity index (χ4n) is 9.59. The highest BCUT2D eigenvalue weighted by molar-refractivity contribution is 5.74. The number of aliphatic hydroxyl groups excluding tert-OH is 2. The lowest BCUT2D eigenvalue weighted by Crippen LogP contribution is -2.61. The Morgan fingerprint density at radius 2 is 0.795 bits per heavy atom. The first-order valence-electron chi connectivity index (χ1n) is 33.2. The number of carbonyl (C=O) groups excluding carboxylic acids is 3. The molecule has 0 amide bonds. The van der Waals surface area contributed by atoms with Crippen molar-refractivity contribution in [2.75, 3.05) is 13.2 Å². The van der Waals surface area contributed by atoms with Crippen molar-refractivity contribution in [1.82, 2.24) is 0 Å². The van der Waals surface area contributed by atoms with Gasteiger partial charge < -0.3 is 39.0 Å². The number of unbranched alkanes of at least 4 members (excludes halogenated alkanes) is 27. The van der Waals surface area contributed by atoms with Crippen LogP contribution in [0.2, 0.25) is 0 Å². The first-order valence-corrected chi connectivity index (χ1v) is 33.2. The predicted octanol–water partition coefficient (Wildman–Crippen LogP) is 18.0. The second-order valence-electron chi connectivity index (χ2n) is 22.4. The van der Waals surface area contributed by atoms with Gasteiger partial charge in [-0.2, -0.15) is 0 Å². The van der Waals surface area contributed by atoms with E-state index in [0.29, 0.717) is 19.3 Å². The van der Waals surface area contributed by atoms with Crippen LogP contribution in [0.1, 0.15) is 278 Å². The third kappa shape index (κ3) is 47.6. The average Bonchev–Trinajstić information content (AvgIpc) is 3.57. The van der Waals surface area contributed by atoms with Crippen molar-refractivity contribution in [2.24, 2.45) is 0 Å². The second kappa shape index (κ2) is 58.0. The Kier molecular flexibility index (Phi) is 53.6. The van der Waals surface area contributed by atoms with E-state index in [1.54, 1.807) is 12.2 Å². The molecular weight excluding hydrogens is 1040 g/mol. The van der Waals surface area contributed by atoms with Gasteiger partial charge in [0.2, 0.25) is 0 Å². The normalized spacial score (nSPS) is 18.2. The Hall–Kier alpha value is -4.36. The summed E-state index contributed by atoms with van der Waals surface area (Å²) in [5.41, 5.74) is 0. The Bertz CT molecular complexity index is 1810. The summed E-state index contributed by atoms with van der Waals surface area (Å²) < 4.78 is 28.4. The number of allylic oxidation sites excluding steroid dienone is 15. The molecule has 0 saturated carbocycles. The minimum Gasteiger partial charge on any atom is -0.479 e. The lowest BCUT2D eigenvalue weighted by Gasteiger charge is -2.40. The van der Waals surface area contributed by atoms with Crippen LogP contribution in [0.4, 0.5) is 0 Å². The van der Waals surface area contributed by atoms with Gasteiger partial charge in [-0.3, -0.25) is 14.4 Å². The number of carboxylic acids is 1. The molecule has 1 aliphatic heterocycles. The molecule has 0 radical (unpaired) electrons. The number of hydrogen-bond acceptors (Lipinski definition) is 11. The molecule has 1 aliphatic rings. The maximum absolute atomic E-state index is 13.2. The molecular formula is C71H118O12. The number of hydrogen-bond donors (Lipinski definition) is 3. The average molecular weight is 1160 g/mol. The van der Waals surface area contributed by atoms with E-state index in [1.165, 1.54) is 128 Å². The van der Waals surface area contributed by atoms with Crippen LogP contribution in [0.25, 0.3) is 0 Å². The maximum atomic E-state index is 13.2. The van der Waals surface area contributed by atoms with Crippen molar-refractivity contribution >= 4 is 23.9 Å². The summed E-state index contributed by atoms with van der Waals surface area (Å²) in [4.78, 5) is 51.3.